The van der Waals surface area contributed by atoms with Gasteiger partial charge in [-0.05, 0) is 6.42 Å². The van der Waals surface area contributed by atoms with Crippen LogP contribution in [0.5, 0.6) is 0 Å². The summed E-state index contributed by atoms with van der Waals surface area (Å²) in [5, 5.41) is 27.2. The predicted molar refractivity (Wildman–Crippen MR) is 34.3 cm³/mol. The van der Waals surface area contributed by atoms with Gasteiger partial charge in [-0.1, -0.05) is 0 Å². The molecule has 3 nitrogen and oxygen atoms in total. The van der Waals surface area contributed by atoms with Crippen molar-refractivity contribution in [3.8, 4) is 0 Å². The number of fused-ring (bicyclic) bond motifs is 1. The molecule has 2 rings (SSSR count). The van der Waals surface area contributed by atoms with Crippen LogP contribution in [0.15, 0.2) is 11.4 Å². The van der Waals surface area contributed by atoms with Crippen LogP contribution in [0.25, 0.3) is 0 Å². The molecule has 3 atom stereocenters. The Balaban J connectivity index is 2.33. The fraction of sp³-hybridized carbons (Fsp3) is 0.714. The van der Waals surface area contributed by atoms with Gasteiger partial charge in [0, 0.05) is 11.5 Å². The third-order valence-electron chi connectivity index (χ3n) is 2.56. The molecule has 4 heteroatoms. The molecule has 3 N–H and O–H groups in total. The number of hydrogen-bond donors (Lipinski definition) is 3. The molecule has 0 unspecified atom stereocenters. The number of halogens is 1. The highest BCUT2D eigenvalue weighted by Crippen LogP contribution is 2.58. The van der Waals surface area contributed by atoms with Crippen LogP contribution in [0, 0.1) is 5.92 Å². The molecular weight excluding hydrogens is 151 g/mol. The summed E-state index contributed by atoms with van der Waals surface area (Å²) in [7, 11) is 0. The summed E-state index contributed by atoms with van der Waals surface area (Å²) in [4.78, 5) is 0. The first-order chi connectivity index (χ1) is 5.11. The van der Waals surface area contributed by atoms with E-state index in [0.717, 1.165) is 0 Å². The molecule has 1 saturated carbocycles. The van der Waals surface area contributed by atoms with Crippen molar-refractivity contribution in [2.24, 2.45) is 5.92 Å². The van der Waals surface area contributed by atoms with Crippen LogP contribution in [0.1, 0.15) is 6.42 Å². The van der Waals surface area contributed by atoms with E-state index in [-0.39, 0.29) is 12.0 Å². The van der Waals surface area contributed by atoms with Crippen LogP contribution in [0.4, 0.5) is 4.39 Å². The smallest absolute Gasteiger partial charge is 0.110 e. The van der Waals surface area contributed by atoms with E-state index in [1.54, 1.807) is 0 Å². The van der Waals surface area contributed by atoms with Gasteiger partial charge in [0.05, 0.1) is 6.61 Å². The highest BCUT2D eigenvalue weighted by atomic mass is 19.1. The fourth-order valence-electron chi connectivity index (χ4n) is 1.70. The van der Waals surface area contributed by atoms with E-state index in [4.69, 9.17) is 5.11 Å². The van der Waals surface area contributed by atoms with Crippen molar-refractivity contribution in [3.63, 3.8) is 0 Å². The van der Waals surface area contributed by atoms with Crippen LogP contribution in [-0.4, -0.2) is 33.6 Å². The SMILES string of the molecule is OCC1=C(F)[C@H]2C[C@@]2(O)[C@@H]1O. The molecule has 0 bridgehead atoms. The molecule has 0 amide bonds. The van der Waals surface area contributed by atoms with E-state index < -0.39 is 30.1 Å². The zero-order valence-electron chi connectivity index (χ0n) is 5.79. The molecule has 2 aliphatic carbocycles. The minimum Gasteiger partial charge on any atom is -0.392 e. The normalized spacial score (nSPS) is 48.0. The first kappa shape index (κ1) is 7.21. The Morgan fingerprint density at radius 3 is 2.55 bits per heavy atom. The standard InChI is InChI=1S/C7H9FO3/c8-5-3(2-9)6(10)7(11)1-4(5)7/h4,6,9-11H,1-2H2/t4-,6-,7+/m1/s1. The summed E-state index contributed by atoms with van der Waals surface area (Å²) in [6.45, 7) is -0.508. The maximum Gasteiger partial charge on any atom is 0.110 e. The molecule has 0 saturated heterocycles. The van der Waals surface area contributed by atoms with Crippen molar-refractivity contribution >= 4 is 0 Å². The Bertz CT molecular complexity index is 238. The molecule has 0 aromatic heterocycles. The quantitative estimate of drug-likeness (QED) is 0.476. The molecule has 0 radical (unpaired) electrons. The molecule has 0 aromatic rings. The minimum atomic E-state index is -1.29. The molecule has 62 valence electrons. The van der Waals surface area contributed by atoms with E-state index in [1.165, 1.54) is 0 Å². The first-order valence-electron chi connectivity index (χ1n) is 3.51. The predicted octanol–water partition coefficient (Wildman–Crippen LogP) is -0.672. The monoisotopic (exact) mass is 160 g/mol. The van der Waals surface area contributed by atoms with Gasteiger partial charge in [0.1, 0.15) is 17.5 Å². The van der Waals surface area contributed by atoms with Crippen molar-refractivity contribution in [3.05, 3.63) is 11.4 Å². The zero-order chi connectivity index (χ0) is 8.22. The van der Waals surface area contributed by atoms with Gasteiger partial charge in [0.2, 0.25) is 0 Å². The van der Waals surface area contributed by atoms with Crippen molar-refractivity contribution in [1.82, 2.24) is 0 Å². The highest BCUT2D eigenvalue weighted by molar-refractivity contribution is 5.39. The second-order valence-electron chi connectivity index (χ2n) is 3.18. The molecule has 0 heterocycles. The number of aliphatic hydroxyl groups excluding tert-OH is 2. The molecule has 0 aliphatic heterocycles. The average Bonchev–Trinajstić information content (AvgIpc) is 2.60. The Morgan fingerprint density at radius 2 is 2.27 bits per heavy atom. The van der Waals surface area contributed by atoms with Crippen molar-refractivity contribution in [2.45, 2.75) is 18.1 Å². The average molecular weight is 160 g/mol. The summed E-state index contributed by atoms with van der Waals surface area (Å²) < 4.78 is 12.9. The Hall–Kier alpha value is -0.450. The molecule has 0 spiro atoms. The second-order valence-corrected chi connectivity index (χ2v) is 3.18. The lowest BCUT2D eigenvalue weighted by molar-refractivity contribution is 0.0176. The van der Waals surface area contributed by atoms with Crippen LogP contribution in [-0.2, 0) is 0 Å². The molecular formula is C7H9FO3. The van der Waals surface area contributed by atoms with E-state index >= 15 is 0 Å². The lowest BCUT2D eigenvalue weighted by Gasteiger charge is -2.13. The van der Waals surface area contributed by atoms with E-state index in [1.807, 2.05) is 0 Å². The van der Waals surface area contributed by atoms with Gasteiger partial charge in [-0.3, -0.25) is 0 Å². The van der Waals surface area contributed by atoms with Crippen molar-refractivity contribution in [1.29, 1.82) is 0 Å². The summed E-state index contributed by atoms with van der Waals surface area (Å²) in [5.74, 6) is -1.08. The van der Waals surface area contributed by atoms with Crippen molar-refractivity contribution < 1.29 is 19.7 Å². The number of rotatable bonds is 1. The van der Waals surface area contributed by atoms with Gasteiger partial charge in [0.15, 0.2) is 0 Å². The van der Waals surface area contributed by atoms with Crippen LogP contribution in [0.2, 0.25) is 0 Å². The topological polar surface area (TPSA) is 60.7 Å². The van der Waals surface area contributed by atoms with Crippen LogP contribution >= 0.6 is 0 Å². The van der Waals surface area contributed by atoms with Gasteiger partial charge in [-0.25, -0.2) is 4.39 Å². The molecule has 11 heavy (non-hydrogen) atoms. The maximum atomic E-state index is 12.9. The summed E-state index contributed by atoms with van der Waals surface area (Å²) in [6.07, 6.45) is -0.916. The third-order valence-corrected chi connectivity index (χ3v) is 2.56. The fourth-order valence-corrected chi connectivity index (χ4v) is 1.70. The van der Waals surface area contributed by atoms with Gasteiger partial charge in [-0.2, -0.15) is 0 Å². The van der Waals surface area contributed by atoms with Crippen LogP contribution < -0.4 is 0 Å². The minimum absolute atomic E-state index is 0.0521. The second kappa shape index (κ2) is 1.83. The summed E-state index contributed by atoms with van der Waals surface area (Å²) >= 11 is 0. The maximum absolute atomic E-state index is 12.9. The Morgan fingerprint density at radius 1 is 1.64 bits per heavy atom. The Labute approximate surface area is 62.8 Å². The van der Waals surface area contributed by atoms with Gasteiger partial charge >= 0.3 is 0 Å². The largest absolute Gasteiger partial charge is 0.392 e. The summed E-state index contributed by atoms with van der Waals surface area (Å²) in [6, 6.07) is 0. The first-order valence-corrected chi connectivity index (χ1v) is 3.51. The molecule has 2 aliphatic rings. The Kier molecular flexibility index (Phi) is 1.20. The lowest BCUT2D eigenvalue weighted by Crippen LogP contribution is -2.28. The summed E-state index contributed by atoms with van der Waals surface area (Å²) in [5.41, 5.74) is -1.34. The van der Waals surface area contributed by atoms with E-state index in [2.05, 4.69) is 0 Å². The van der Waals surface area contributed by atoms with Gasteiger partial charge in [0.25, 0.3) is 0 Å². The highest BCUT2D eigenvalue weighted by Gasteiger charge is 2.66. The molecule has 0 aromatic carbocycles. The van der Waals surface area contributed by atoms with Gasteiger partial charge in [-0.15, -0.1) is 0 Å². The lowest BCUT2D eigenvalue weighted by atomic mass is 10.1. The molecule has 1 fully saturated rings. The number of hydrogen-bond acceptors (Lipinski definition) is 3. The van der Waals surface area contributed by atoms with Crippen LogP contribution in [0.3, 0.4) is 0 Å². The van der Waals surface area contributed by atoms with Crippen molar-refractivity contribution in [2.75, 3.05) is 6.61 Å². The third kappa shape index (κ3) is 0.668. The van der Waals surface area contributed by atoms with E-state index in [9.17, 15) is 14.6 Å². The van der Waals surface area contributed by atoms with E-state index in [0.29, 0.717) is 0 Å². The zero-order valence-corrected chi connectivity index (χ0v) is 5.79. The number of aliphatic hydroxyl groups is 3. The van der Waals surface area contributed by atoms with Gasteiger partial charge < -0.3 is 15.3 Å².